The molecule has 2 aliphatic heterocycles. The van der Waals surface area contributed by atoms with Gasteiger partial charge in [0.05, 0.1) is 11.2 Å². The van der Waals surface area contributed by atoms with E-state index in [1.54, 1.807) is 4.90 Å². The SMILES string of the molecule is CC(C)(C)OC(=O)N1CCC(c2ccc3[nH]c(B4OC(C)(C)C(C)(C)O4)c(CC(F)F)c3c2)CC1. The van der Waals surface area contributed by atoms with Crippen molar-refractivity contribution in [2.24, 2.45) is 0 Å². The zero-order chi connectivity index (χ0) is 25.8. The average Bonchev–Trinajstić information content (AvgIpc) is 3.19. The second-order valence-electron chi connectivity index (χ2n) is 11.7. The predicted molar refractivity (Wildman–Crippen MR) is 134 cm³/mol. The van der Waals surface area contributed by atoms with E-state index in [0.717, 1.165) is 29.3 Å². The molecular formula is C26H37BF2N2O4. The molecule has 6 nitrogen and oxygen atoms in total. The molecule has 1 aromatic carbocycles. The van der Waals surface area contributed by atoms with Crippen molar-refractivity contribution in [1.29, 1.82) is 0 Å². The molecule has 2 saturated heterocycles. The van der Waals surface area contributed by atoms with Gasteiger partial charge < -0.3 is 23.9 Å². The van der Waals surface area contributed by atoms with Gasteiger partial charge in [0.1, 0.15) is 5.60 Å². The van der Waals surface area contributed by atoms with Crippen LogP contribution in [0.25, 0.3) is 10.9 Å². The highest BCUT2D eigenvalue weighted by Gasteiger charge is 2.53. The fourth-order valence-corrected chi connectivity index (χ4v) is 4.80. The molecule has 2 aromatic rings. The number of likely N-dealkylation sites (tertiary alicyclic amines) is 1. The zero-order valence-corrected chi connectivity index (χ0v) is 21.8. The monoisotopic (exact) mass is 490 g/mol. The summed E-state index contributed by atoms with van der Waals surface area (Å²) in [6, 6.07) is 6.02. The van der Waals surface area contributed by atoms with Crippen LogP contribution in [0.5, 0.6) is 0 Å². The topological polar surface area (TPSA) is 63.8 Å². The van der Waals surface area contributed by atoms with Crippen LogP contribution in [0.2, 0.25) is 0 Å². The van der Waals surface area contributed by atoms with Gasteiger partial charge in [-0.1, -0.05) is 6.07 Å². The number of H-pyrrole nitrogens is 1. The number of nitrogens with zero attached hydrogens (tertiary/aromatic N) is 1. The molecule has 35 heavy (non-hydrogen) atoms. The average molecular weight is 490 g/mol. The number of piperidine rings is 1. The molecule has 4 rings (SSSR count). The summed E-state index contributed by atoms with van der Waals surface area (Å²) < 4.78 is 45.1. The van der Waals surface area contributed by atoms with E-state index in [0.29, 0.717) is 24.2 Å². The van der Waals surface area contributed by atoms with Gasteiger partial charge >= 0.3 is 13.2 Å². The van der Waals surface area contributed by atoms with E-state index in [1.807, 2.05) is 66.7 Å². The van der Waals surface area contributed by atoms with Crippen LogP contribution >= 0.6 is 0 Å². The molecule has 1 N–H and O–H groups in total. The van der Waals surface area contributed by atoms with Gasteiger partial charge in [0.2, 0.25) is 6.43 Å². The minimum atomic E-state index is -2.49. The first-order valence-corrected chi connectivity index (χ1v) is 12.4. The summed E-state index contributed by atoms with van der Waals surface area (Å²) in [5, 5.41) is 0.780. The number of aromatic nitrogens is 1. The van der Waals surface area contributed by atoms with Gasteiger partial charge in [-0.15, -0.1) is 0 Å². The molecule has 2 fully saturated rings. The fourth-order valence-electron chi connectivity index (χ4n) is 4.80. The lowest BCUT2D eigenvalue weighted by molar-refractivity contribution is 0.00578. The van der Waals surface area contributed by atoms with E-state index in [2.05, 4.69) is 4.98 Å². The Morgan fingerprint density at radius 1 is 1.17 bits per heavy atom. The van der Waals surface area contributed by atoms with Crippen molar-refractivity contribution in [2.75, 3.05) is 13.1 Å². The lowest BCUT2D eigenvalue weighted by atomic mass is 9.80. The second-order valence-corrected chi connectivity index (χ2v) is 11.7. The Kier molecular flexibility index (Phi) is 6.73. The summed E-state index contributed by atoms with van der Waals surface area (Å²) in [5.41, 5.74) is 1.34. The Balaban J connectivity index is 1.58. The molecule has 0 atom stereocenters. The number of benzene rings is 1. The summed E-state index contributed by atoms with van der Waals surface area (Å²) in [6.07, 6.45) is -1.56. The van der Waals surface area contributed by atoms with E-state index in [4.69, 9.17) is 14.0 Å². The minimum Gasteiger partial charge on any atom is -0.444 e. The van der Waals surface area contributed by atoms with Crippen molar-refractivity contribution in [3.05, 3.63) is 29.3 Å². The lowest BCUT2D eigenvalue weighted by Gasteiger charge is -2.33. The van der Waals surface area contributed by atoms with Crippen molar-refractivity contribution in [1.82, 2.24) is 9.88 Å². The number of nitrogens with one attached hydrogen (secondary N) is 1. The van der Waals surface area contributed by atoms with Gasteiger partial charge in [-0.3, -0.25) is 0 Å². The van der Waals surface area contributed by atoms with Gasteiger partial charge in [-0.05, 0) is 90.5 Å². The van der Waals surface area contributed by atoms with Gasteiger partial charge in [0, 0.05) is 36.0 Å². The third kappa shape index (κ3) is 5.36. The van der Waals surface area contributed by atoms with Crippen LogP contribution < -0.4 is 5.59 Å². The molecule has 0 bridgehead atoms. The van der Waals surface area contributed by atoms with Crippen LogP contribution in [0.4, 0.5) is 13.6 Å². The Morgan fingerprint density at radius 3 is 2.31 bits per heavy atom. The first kappa shape index (κ1) is 26.0. The normalized spacial score (nSPS) is 20.7. The Labute approximate surface area is 206 Å². The van der Waals surface area contributed by atoms with Gasteiger partial charge in [0.15, 0.2) is 0 Å². The Hall–Kier alpha value is -2.13. The van der Waals surface area contributed by atoms with Crippen molar-refractivity contribution < 1.29 is 27.6 Å². The van der Waals surface area contributed by atoms with Crippen molar-refractivity contribution in [2.45, 2.75) is 96.9 Å². The maximum atomic E-state index is 13.6. The van der Waals surface area contributed by atoms with Crippen LogP contribution in [0.15, 0.2) is 18.2 Å². The second kappa shape index (κ2) is 9.07. The fraction of sp³-hybridized carbons (Fsp3) is 0.654. The van der Waals surface area contributed by atoms with E-state index in [9.17, 15) is 13.6 Å². The van der Waals surface area contributed by atoms with E-state index in [1.165, 1.54) is 0 Å². The maximum absolute atomic E-state index is 13.6. The number of fused-ring (bicyclic) bond motifs is 1. The van der Waals surface area contributed by atoms with Crippen LogP contribution in [0.3, 0.4) is 0 Å². The lowest BCUT2D eigenvalue weighted by Crippen LogP contribution is -2.41. The standard InChI is InChI=1S/C26H37BF2N2O4/c1-24(2,3)33-23(32)31-12-10-16(11-13-31)17-8-9-20-18(14-17)19(15-21(28)29)22(30-20)27-34-25(4,5)26(6,7)35-27/h8-9,14,16,21,30H,10-13,15H2,1-7H3. The van der Waals surface area contributed by atoms with E-state index in [-0.39, 0.29) is 18.4 Å². The molecule has 0 unspecified atom stereocenters. The number of rotatable bonds is 4. The number of amides is 1. The smallest absolute Gasteiger partial charge is 0.444 e. The molecule has 1 amide bonds. The van der Waals surface area contributed by atoms with Crippen LogP contribution in [0, 0.1) is 0 Å². The van der Waals surface area contributed by atoms with Gasteiger partial charge in [-0.25, -0.2) is 13.6 Å². The summed E-state index contributed by atoms with van der Waals surface area (Å²) in [5.74, 6) is 0.243. The van der Waals surface area contributed by atoms with Gasteiger partial charge in [0.25, 0.3) is 0 Å². The molecule has 0 aliphatic carbocycles. The molecule has 2 aliphatic rings. The van der Waals surface area contributed by atoms with Crippen molar-refractivity contribution in [3.8, 4) is 0 Å². The first-order chi connectivity index (χ1) is 16.2. The highest BCUT2D eigenvalue weighted by atomic mass is 19.3. The molecular weight excluding hydrogens is 453 g/mol. The van der Waals surface area contributed by atoms with Crippen LogP contribution in [-0.4, -0.2) is 59.4 Å². The van der Waals surface area contributed by atoms with Crippen LogP contribution in [-0.2, 0) is 20.5 Å². The molecule has 1 aromatic heterocycles. The number of hydrogen-bond donors (Lipinski definition) is 1. The third-order valence-corrected chi connectivity index (χ3v) is 7.43. The summed E-state index contributed by atoms with van der Waals surface area (Å²) in [4.78, 5) is 17.5. The summed E-state index contributed by atoms with van der Waals surface area (Å²) in [6.45, 7) is 14.6. The highest BCUT2D eigenvalue weighted by Crippen LogP contribution is 2.38. The third-order valence-electron chi connectivity index (χ3n) is 7.43. The number of hydrogen-bond acceptors (Lipinski definition) is 4. The molecule has 3 heterocycles. The number of ether oxygens (including phenoxy) is 1. The zero-order valence-electron chi connectivity index (χ0n) is 21.8. The van der Waals surface area contributed by atoms with Crippen molar-refractivity contribution in [3.63, 3.8) is 0 Å². The maximum Gasteiger partial charge on any atom is 0.512 e. The summed E-state index contributed by atoms with van der Waals surface area (Å²) >= 11 is 0. The number of alkyl halides is 2. The van der Waals surface area contributed by atoms with Gasteiger partial charge in [-0.2, -0.15) is 0 Å². The quantitative estimate of drug-likeness (QED) is 0.584. The first-order valence-electron chi connectivity index (χ1n) is 12.4. The number of halogens is 2. The number of carbonyl (C=O) groups excluding carboxylic acids is 1. The minimum absolute atomic E-state index is 0.243. The predicted octanol–water partition coefficient (Wildman–Crippen LogP) is 5.39. The molecule has 0 saturated carbocycles. The molecule has 9 heteroatoms. The number of aromatic amines is 1. The summed E-state index contributed by atoms with van der Waals surface area (Å²) in [7, 11) is -0.735. The number of carbonyl (C=O) groups is 1. The Morgan fingerprint density at radius 2 is 1.77 bits per heavy atom. The largest absolute Gasteiger partial charge is 0.512 e. The van der Waals surface area contributed by atoms with E-state index < -0.39 is 30.3 Å². The van der Waals surface area contributed by atoms with Crippen LogP contribution in [0.1, 0.15) is 78.4 Å². The van der Waals surface area contributed by atoms with E-state index >= 15 is 0 Å². The Bertz CT molecular complexity index is 1070. The molecule has 0 radical (unpaired) electrons. The molecule has 0 spiro atoms. The molecule has 192 valence electrons. The highest BCUT2D eigenvalue weighted by molar-refractivity contribution is 6.62. The van der Waals surface area contributed by atoms with Crippen molar-refractivity contribution >= 4 is 29.7 Å².